The number of carbonyl (C=O) groups excluding carboxylic acids is 2. The van der Waals surface area contributed by atoms with Gasteiger partial charge in [-0.3, -0.25) is 9.59 Å². The van der Waals surface area contributed by atoms with E-state index in [-0.39, 0.29) is 16.8 Å². The second-order valence-electron chi connectivity index (χ2n) is 5.64. The van der Waals surface area contributed by atoms with Gasteiger partial charge in [-0.15, -0.1) is 0 Å². The second-order valence-corrected chi connectivity index (χ2v) is 5.64. The molecule has 25 heavy (non-hydrogen) atoms. The first-order valence-corrected chi connectivity index (χ1v) is 7.67. The molecule has 128 valence electrons. The molecule has 7 heteroatoms. The number of carbonyl (C=O) groups is 3. The Morgan fingerprint density at radius 3 is 2.56 bits per heavy atom. The molecule has 0 unspecified atom stereocenters. The molecule has 1 aliphatic rings. The molecule has 1 fully saturated rings. The van der Waals surface area contributed by atoms with Crippen LogP contribution in [0.5, 0.6) is 0 Å². The van der Waals surface area contributed by atoms with Crippen LogP contribution in [0, 0.1) is 5.82 Å². The van der Waals surface area contributed by atoms with E-state index in [0.717, 1.165) is 0 Å². The molecule has 2 aromatic carbocycles. The maximum Gasteiger partial charge on any atom is 0.335 e. The largest absolute Gasteiger partial charge is 0.478 e. The average Bonchev–Trinajstić information content (AvgIpc) is 2.96. The van der Waals surface area contributed by atoms with Crippen LogP contribution in [-0.4, -0.2) is 35.5 Å². The van der Waals surface area contributed by atoms with Gasteiger partial charge in [0.25, 0.3) is 5.91 Å². The SMILES string of the molecule is O=C(O)c1cccc(C(=O)N[C@@H]2CCN(c3ccccc3F)C2=O)c1. The van der Waals surface area contributed by atoms with Crippen molar-refractivity contribution in [2.45, 2.75) is 12.5 Å². The first-order chi connectivity index (χ1) is 12.0. The molecule has 1 atom stereocenters. The first kappa shape index (κ1) is 16.6. The van der Waals surface area contributed by atoms with Crippen molar-refractivity contribution in [3.05, 3.63) is 65.5 Å². The predicted molar refractivity (Wildman–Crippen MR) is 88.0 cm³/mol. The van der Waals surface area contributed by atoms with Crippen molar-refractivity contribution >= 4 is 23.5 Å². The average molecular weight is 342 g/mol. The van der Waals surface area contributed by atoms with Crippen LogP contribution in [0.25, 0.3) is 0 Å². The quantitative estimate of drug-likeness (QED) is 0.890. The highest BCUT2D eigenvalue weighted by Crippen LogP contribution is 2.24. The monoisotopic (exact) mass is 342 g/mol. The lowest BCUT2D eigenvalue weighted by atomic mass is 10.1. The fourth-order valence-corrected chi connectivity index (χ4v) is 2.76. The summed E-state index contributed by atoms with van der Waals surface area (Å²) in [7, 11) is 0. The van der Waals surface area contributed by atoms with Crippen molar-refractivity contribution in [1.29, 1.82) is 0 Å². The van der Waals surface area contributed by atoms with E-state index in [0.29, 0.717) is 13.0 Å². The third kappa shape index (κ3) is 3.35. The second kappa shape index (κ2) is 6.72. The van der Waals surface area contributed by atoms with Crippen molar-refractivity contribution < 1.29 is 23.9 Å². The number of aromatic carboxylic acids is 1. The zero-order valence-electron chi connectivity index (χ0n) is 13.1. The molecule has 2 amide bonds. The van der Waals surface area contributed by atoms with Crippen molar-refractivity contribution in [1.82, 2.24) is 5.32 Å². The van der Waals surface area contributed by atoms with Gasteiger partial charge >= 0.3 is 5.97 Å². The van der Waals surface area contributed by atoms with E-state index >= 15 is 0 Å². The van der Waals surface area contributed by atoms with Crippen LogP contribution < -0.4 is 10.2 Å². The van der Waals surface area contributed by atoms with Gasteiger partial charge in [-0.2, -0.15) is 0 Å². The minimum absolute atomic E-state index is 0.0154. The molecule has 0 spiro atoms. The molecule has 1 saturated heterocycles. The van der Waals surface area contributed by atoms with E-state index < -0.39 is 29.6 Å². The summed E-state index contributed by atoms with van der Waals surface area (Å²) in [4.78, 5) is 37.0. The Kier molecular flexibility index (Phi) is 4.47. The summed E-state index contributed by atoms with van der Waals surface area (Å²) in [5.74, 6) is -2.58. The molecule has 0 radical (unpaired) electrons. The standard InChI is InChI=1S/C18H15FN2O4/c19-13-6-1-2-7-15(13)21-9-8-14(17(21)23)20-16(22)11-4-3-5-12(10-11)18(24)25/h1-7,10,14H,8-9H2,(H,20,22)(H,24,25)/t14-/m1/s1. The third-order valence-corrected chi connectivity index (χ3v) is 4.03. The summed E-state index contributed by atoms with van der Waals surface area (Å²) < 4.78 is 13.9. The Bertz CT molecular complexity index is 852. The lowest BCUT2D eigenvalue weighted by Crippen LogP contribution is -2.41. The van der Waals surface area contributed by atoms with Gasteiger partial charge in [-0.1, -0.05) is 18.2 Å². The number of nitrogens with one attached hydrogen (secondary N) is 1. The molecular formula is C18H15FN2O4. The van der Waals surface area contributed by atoms with E-state index in [9.17, 15) is 18.8 Å². The van der Waals surface area contributed by atoms with Crippen molar-refractivity contribution in [3.8, 4) is 0 Å². The number of hydrogen-bond donors (Lipinski definition) is 2. The first-order valence-electron chi connectivity index (χ1n) is 7.67. The Hall–Kier alpha value is -3.22. The van der Waals surface area contributed by atoms with Gasteiger partial charge in [0.1, 0.15) is 11.9 Å². The number of rotatable bonds is 4. The molecule has 6 nitrogen and oxygen atoms in total. The topological polar surface area (TPSA) is 86.7 Å². The highest BCUT2D eigenvalue weighted by Gasteiger charge is 2.34. The fourth-order valence-electron chi connectivity index (χ4n) is 2.76. The predicted octanol–water partition coefficient (Wildman–Crippen LogP) is 2.06. The van der Waals surface area contributed by atoms with E-state index in [1.807, 2.05) is 0 Å². The van der Waals surface area contributed by atoms with Crippen LogP contribution in [0.1, 0.15) is 27.1 Å². The molecule has 2 N–H and O–H groups in total. The lowest BCUT2D eigenvalue weighted by molar-refractivity contribution is -0.118. The molecular weight excluding hydrogens is 327 g/mol. The minimum atomic E-state index is -1.14. The molecule has 1 heterocycles. The number of anilines is 1. The zero-order chi connectivity index (χ0) is 18.0. The normalized spacial score (nSPS) is 16.8. The number of carboxylic acid groups (broad SMARTS) is 1. The summed E-state index contributed by atoms with van der Waals surface area (Å²) in [6.07, 6.45) is 0.345. The van der Waals surface area contributed by atoms with Crippen LogP contribution in [0.3, 0.4) is 0 Å². The van der Waals surface area contributed by atoms with Gasteiger partial charge in [0.05, 0.1) is 11.3 Å². The number of benzene rings is 2. The van der Waals surface area contributed by atoms with Gasteiger partial charge in [0.15, 0.2) is 0 Å². The van der Waals surface area contributed by atoms with Gasteiger partial charge in [0.2, 0.25) is 5.91 Å². The van der Waals surface area contributed by atoms with Crippen molar-refractivity contribution in [2.75, 3.05) is 11.4 Å². The van der Waals surface area contributed by atoms with Gasteiger partial charge in [-0.25, -0.2) is 9.18 Å². The summed E-state index contributed by atoms with van der Waals surface area (Å²) >= 11 is 0. The summed E-state index contributed by atoms with van der Waals surface area (Å²) in [6.45, 7) is 0.292. The van der Waals surface area contributed by atoms with Crippen molar-refractivity contribution in [2.24, 2.45) is 0 Å². The number of halogens is 1. The number of carboxylic acids is 1. The number of para-hydroxylation sites is 1. The van der Waals surface area contributed by atoms with Crippen LogP contribution in [0.15, 0.2) is 48.5 Å². The van der Waals surface area contributed by atoms with Crippen molar-refractivity contribution in [3.63, 3.8) is 0 Å². The molecule has 0 saturated carbocycles. The number of amides is 2. The lowest BCUT2D eigenvalue weighted by Gasteiger charge is -2.18. The summed E-state index contributed by atoms with van der Waals surface area (Å²) in [5, 5.41) is 11.6. The molecule has 0 aromatic heterocycles. The Labute approximate surface area is 142 Å². The Morgan fingerprint density at radius 1 is 1.12 bits per heavy atom. The number of nitrogens with zero attached hydrogens (tertiary/aromatic N) is 1. The van der Waals surface area contributed by atoms with Crippen LogP contribution >= 0.6 is 0 Å². The molecule has 1 aliphatic heterocycles. The molecule has 2 aromatic rings. The highest BCUT2D eigenvalue weighted by molar-refractivity contribution is 6.04. The van der Waals surface area contributed by atoms with E-state index in [1.165, 1.54) is 47.4 Å². The number of hydrogen-bond acceptors (Lipinski definition) is 3. The summed E-state index contributed by atoms with van der Waals surface area (Å²) in [6, 6.07) is 10.7. The molecule has 0 aliphatic carbocycles. The maximum atomic E-state index is 13.9. The van der Waals surface area contributed by atoms with E-state index in [4.69, 9.17) is 5.11 Å². The van der Waals surface area contributed by atoms with Crippen LogP contribution in [-0.2, 0) is 4.79 Å². The highest BCUT2D eigenvalue weighted by atomic mass is 19.1. The summed E-state index contributed by atoms with van der Waals surface area (Å²) in [5.41, 5.74) is 0.313. The van der Waals surface area contributed by atoms with E-state index in [1.54, 1.807) is 6.07 Å². The third-order valence-electron chi connectivity index (χ3n) is 4.03. The van der Waals surface area contributed by atoms with Gasteiger partial charge in [0, 0.05) is 12.1 Å². The molecule has 0 bridgehead atoms. The fraction of sp³-hybridized carbons (Fsp3) is 0.167. The van der Waals surface area contributed by atoms with E-state index in [2.05, 4.69) is 5.32 Å². The molecule has 3 rings (SSSR count). The van der Waals surface area contributed by atoms with Crippen LogP contribution in [0.4, 0.5) is 10.1 Å². The Balaban J connectivity index is 1.73. The zero-order valence-corrected chi connectivity index (χ0v) is 13.1. The minimum Gasteiger partial charge on any atom is -0.478 e. The Morgan fingerprint density at radius 2 is 1.84 bits per heavy atom. The van der Waals surface area contributed by atoms with Gasteiger partial charge < -0.3 is 15.3 Å². The smallest absolute Gasteiger partial charge is 0.335 e. The maximum absolute atomic E-state index is 13.9. The van der Waals surface area contributed by atoms with Gasteiger partial charge in [-0.05, 0) is 36.8 Å². The van der Waals surface area contributed by atoms with Crippen LogP contribution in [0.2, 0.25) is 0 Å².